The average molecular weight is 463 g/mol. The van der Waals surface area contributed by atoms with Gasteiger partial charge in [-0.3, -0.25) is 4.90 Å². The number of piperazine rings is 1. The highest BCUT2D eigenvalue weighted by Crippen LogP contribution is 2.26. The Morgan fingerprint density at radius 1 is 1.03 bits per heavy atom. The largest absolute Gasteiger partial charge is 0.392 e. The monoisotopic (exact) mass is 462 g/mol. The number of aromatic nitrogens is 3. The summed E-state index contributed by atoms with van der Waals surface area (Å²) in [4.78, 5) is 9.15. The number of nitrogens with zero attached hydrogens (tertiary/aromatic N) is 5. The molecule has 1 aliphatic rings. The van der Waals surface area contributed by atoms with Gasteiger partial charge in [-0.25, -0.2) is 9.50 Å². The van der Waals surface area contributed by atoms with Gasteiger partial charge in [0.15, 0.2) is 0 Å². The SMILES string of the molecule is C[C@H](O)CN1CCN(c2ccc(Nc3ncc4ccc(-c5cccc(Cl)c5)n4n3)cc2)CC1. The molecule has 1 fully saturated rings. The van der Waals surface area contributed by atoms with Crippen molar-refractivity contribution in [2.45, 2.75) is 13.0 Å². The van der Waals surface area contributed by atoms with Crippen LogP contribution in [0, 0.1) is 0 Å². The Labute approximate surface area is 198 Å². The van der Waals surface area contributed by atoms with E-state index < -0.39 is 0 Å². The second-order valence-electron chi connectivity index (χ2n) is 8.46. The van der Waals surface area contributed by atoms with Crippen LogP contribution in [-0.4, -0.2) is 63.4 Å². The molecule has 2 N–H and O–H groups in total. The molecule has 8 heteroatoms. The van der Waals surface area contributed by atoms with Gasteiger partial charge in [0.05, 0.1) is 23.5 Å². The zero-order valence-corrected chi connectivity index (χ0v) is 19.3. The molecule has 3 heterocycles. The minimum atomic E-state index is -0.281. The van der Waals surface area contributed by atoms with Gasteiger partial charge in [-0.05, 0) is 55.5 Å². The molecular formula is C25H27ClN6O. The Balaban J connectivity index is 1.29. The molecule has 0 aliphatic carbocycles. The van der Waals surface area contributed by atoms with E-state index in [-0.39, 0.29) is 6.10 Å². The van der Waals surface area contributed by atoms with Crippen molar-refractivity contribution in [1.82, 2.24) is 19.5 Å². The number of rotatable bonds is 6. The lowest BCUT2D eigenvalue weighted by Gasteiger charge is -2.36. The highest BCUT2D eigenvalue weighted by Gasteiger charge is 2.18. The predicted molar refractivity (Wildman–Crippen MR) is 133 cm³/mol. The Morgan fingerprint density at radius 2 is 1.82 bits per heavy atom. The zero-order chi connectivity index (χ0) is 22.8. The van der Waals surface area contributed by atoms with Crippen LogP contribution in [0.2, 0.25) is 5.02 Å². The lowest BCUT2D eigenvalue weighted by Crippen LogP contribution is -2.48. The van der Waals surface area contributed by atoms with Gasteiger partial charge in [-0.1, -0.05) is 23.7 Å². The summed E-state index contributed by atoms with van der Waals surface area (Å²) >= 11 is 6.18. The number of benzene rings is 2. The fourth-order valence-corrected chi connectivity index (χ4v) is 4.46. The number of halogens is 1. The molecule has 0 bridgehead atoms. The second kappa shape index (κ2) is 9.39. The molecule has 4 aromatic rings. The normalized spacial score (nSPS) is 15.7. The van der Waals surface area contributed by atoms with Crippen LogP contribution in [0.5, 0.6) is 0 Å². The van der Waals surface area contributed by atoms with Gasteiger partial charge in [-0.2, -0.15) is 0 Å². The molecule has 7 nitrogen and oxygen atoms in total. The lowest BCUT2D eigenvalue weighted by atomic mass is 10.2. The van der Waals surface area contributed by atoms with Gasteiger partial charge in [0, 0.05) is 54.7 Å². The first kappa shape index (κ1) is 21.7. The van der Waals surface area contributed by atoms with E-state index in [4.69, 9.17) is 16.7 Å². The van der Waals surface area contributed by atoms with Crippen molar-refractivity contribution in [2.75, 3.05) is 42.9 Å². The van der Waals surface area contributed by atoms with Crippen LogP contribution < -0.4 is 10.2 Å². The van der Waals surface area contributed by atoms with Crippen LogP contribution in [0.15, 0.2) is 66.9 Å². The van der Waals surface area contributed by atoms with Gasteiger partial charge in [0.2, 0.25) is 5.95 Å². The maximum atomic E-state index is 9.59. The van der Waals surface area contributed by atoms with Gasteiger partial charge < -0.3 is 15.3 Å². The Hall–Kier alpha value is -3.13. The molecular weight excluding hydrogens is 436 g/mol. The van der Waals surface area contributed by atoms with Gasteiger partial charge >= 0.3 is 0 Å². The predicted octanol–water partition coefficient (Wildman–Crippen LogP) is 4.30. The fourth-order valence-electron chi connectivity index (χ4n) is 4.27. The van der Waals surface area contributed by atoms with Gasteiger partial charge in [0.25, 0.3) is 0 Å². The van der Waals surface area contributed by atoms with Crippen molar-refractivity contribution < 1.29 is 5.11 Å². The highest BCUT2D eigenvalue weighted by molar-refractivity contribution is 6.30. The number of aliphatic hydroxyl groups is 1. The van der Waals surface area contributed by atoms with E-state index in [1.165, 1.54) is 5.69 Å². The molecule has 2 aromatic carbocycles. The summed E-state index contributed by atoms with van der Waals surface area (Å²) in [7, 11) is 0. The van der Waals surface area contributed by atoms with Crippen LogP contribution in [0.3, 0.4) is 0 Å². The van der Waals surface area contributed by atoms with Crippen LogP contribution in [0.4, 0.5) is 17.3 Å². The molecule has 1 saturated heterocycles. The first-order valence-electron chi connectivity index (χ1n) is 11.2. The fraction of sp³-hybridized carbons (Fsp3) is 0.280. The quantitative estimate of drug-likeness (QED) is 0.445. The molecule has 33 heavy (non-hydrogen) atoms. The molecule has 1 aliphatic heterocycles. The van der Waals surface area contributed by atoms with Crippen molar-refractivity contribution in [3.8, 4) is 11.3 Å². The Morgan fingerprint density at radius 3 is 2.55 bits per heavy atom. The maximum absolute atomic E-state index is 9.59. The topological polar surface area (TPSA) is 68.9 Å². The van der Waals surface area contributed by atoms with Crippen LogP contribution >= 0.6 is 11.6 Å². The average Bonchev–Trinajstić information content (AvgIpc) is 3.23. The number of anilines is 3. The van der Waals surface area contributed by atoms with Gasteiger partial charge in [0.1, 0.15) is 0 Å². The van der Waals surface area contributed by atoms with Crippen LogP contribution in [-0.2, 0) is 0 Å². The molecule has 0 unspecified atom stereocenters. The van der Waals surface area contributed by atoms with Gasteiger partial charge in [-0.15, -0.1) is 5.10 Å². The maximum Gasteiger partial charge on any atom is 0.245 e. The molecule has 0 saturated carbocycles. The Kier molecular flexibility index (Phi) is 6.17. The van der Waals surface area contributed by atoms with Crippen LogP contribution in [0.1, 0.15) is 6.92 Å². The molecule has 2 aromatic heterocycles. The lowest BCUT2D eigenvalue weighted by molar-refractivity contribution is 0.123. The van der Waals surface area contributed by atoms with Crippen molar-refractivity contribution in [2.24, 2.45) is 0 Å². The third-order valence-corrected chi connectivity index (χ3v) is 6.14. The van der Waals surface area contributed by atoms with Crippen molar-refractivity contribution >= 4 is 34.4 Å². The molecule has 0 spiro atoms. The van der Waals surface area contributed by atoms with E-state index in [1.54, 1.807) is 0 Å². The number of hydrogen-bond donors (Lipinski definition) is 2. The summed E-state index contributed by atoms with van der Waals surface area (Å²) in [6.07, 6.45) is 1.53. The number of aliphatic hydroxyl groups excluding tert-OH is 1. The third-order valence-electron chi connectivity index (χ3n) is 5.90. The number of hydrogen-bond acceptors (Lipinski definition) is 6. The van der Waals surface area contributed by atoms with E-state index in [0.717, 1.165) is 55.2 Å². The summed E-state index contributed by atoms with van der Waals surface area (Å²) in [6, 6.07) is 20.1. The molecule has 1 atom stereocenters. The summed E-state index contributed by atoms with van der Waals surface area (Å²) in [5, 5.41) is 18.3. The number of fused-ring (bicyclic) bond motifs is 1. The minimum Gasteiger partial charge on any atom is -0.392 e. The smallest absolute Gasteiger partial charge is 0.245 e. The van der Waals surface area contributed by atoms with E-state index in [9.17, 15) is 5.11 Å². The summed E-state index contributed by atoms with van der Waals surface area (Å²) in [5.41, 5.74) is 5.01. The van der Waals surface area contributed by atoms with Crippen LogP contribution in [0.25, 0.3) is 16.8 Å². The second-order valence-corrected chi connectivity index (χ2v) is 8.89. The van der Waals surface area contributed by atoms with E-state index in [1.807, 2.05) is 54.0 Å². The van der Waals surface area contributed by atoms with Crippen molar-refractivity contribution in [1.29, 1.82) is 0 Å². The minimum absolute atomic E-state index is 0.281. The third kappa shape index (κ3) is 4.95. The standard InChI is InChI=1S/C25H27ClN6O/c1-18(33)17-30-11-13-31(14-12-30)22-7-5-21(6-8-22)28-25-27-16-23-9-10-24(32(23)29-25)19-3-2-4-20(26)15-19/h2-10,15-16,18,33H,11-14,17H2,1H3,(H,28,29)/t18-/m0/s1. The van der Waals surface area contributed by atoms with E-state index >= 15 is 0 Å². The number of nitrogens with one attached hydrogen (secondary N) is 1. The van der Waals surface area contributed by atoms with E-state index in [2.05, 4.69) is 44.4 Å². The summed E-state index contributed by atoms with van der Waals surface area (Å²) in [5.74, 6) is 0.529. The first-order chi connectivity index (χ1) is 16.0. The summed E-state index contributed by atoms with van der Waals surface area (Å²) < 4.78 is 1.88. The summed E-state index contributed by atoms with van der Waals surface area (Å²) in [6.45, 7) is 6.42. The molecule has 0 amide bonds. The Bertz CT molecular complexity index is 1230. The molecule has 170 valence electrons. The zero-order valence-electron chi connectivity index (χ0n) is 18.5. The molecule has 5 rings (SSSR count). The first-order valence-corrected chi connectivity index (χ1v) is 11.6. The highest BCUT2D eigenvalue weighted by atomic mass is 35.5. The van der Waals surface area contributed by atoms with E-state index in [0.29, 0.717) is 11.0 Å². The van der Waals surface area contributed by atoms with Crippen molar-refractivity contribution in [3.63, 3.8) is 0 Å². The van der Waals surface area contributed by atoms with Crippen molar-refractivity contribution in [3.05, 3.63) is 71.9 Å². The number of β-amino-alcohol motifs (C(OH)–C–C–N with tert-alkyl or cyclic N) is 1. The molecule has 0 radical (unpaired) electrons.